The zero-order chi connectivity index (χ0) is 11.4. The molecule has 0 spiro atoms. The molecule has 4 heteroatoms. The van der Waals surface area contributed by atoms with Crippen LogP contribution in [-0.2, 0) is 4.79 Å². The summed E-state index contributed by atoms with van der Waals surface area (Å²) in [6.45, 7) is 0. The number of benzene rings is 1. The lowest BCUT2D eigenvalue weighted by Gasteiger charge is -2.16. The lowest BCUT2D eigenvalue weighted by Crippen LogP contribution is -2.27. The van der Waals surface area contributed by atoms with Gasteiger partial charge in [0.1, 0.15) is 5.75 Å². The summed E-state index contributed by atoms with van der Waals surface area (Å²) in [7, 11) is 1.65. The number of nitrogens with one attached hydrogen (secondary N) is 1. The van der Waals surface area contributed by atoms with Crippen molar-refractivity contribution in [1.82, 2.24) is 5.32 Å². The van der Waals surface area contributed by atoms with Crippen LogP contribution < -0.4 is 10.1 Å². The average molecular weight is 237 g/mol. The van der Waals surface area contributed by atoms with E-state index in [1.807, 2.05) is 36.0 Å². The van der Waals surface area contributed by atoms with Gasteiger partial charge in [-0.05, 0) is 17.7 Å². The van der Waals surface area contributed by atoms with E-state index in [0.29, 0.717) is 6.42 Å². The van der Waals surface area contributed by atoms with Crippen LogP contribution in [0.5, 0.6) is 5.75 Å². The molecule has 1 aromatic carbocycles. The predicted octanol–water partition coefficient (Wildman–Crippen LogP) is 1.99. The van der Waals surface area contributed by atoms with E-state index in [2.05, 4.69) is 5.32 Å². The Kier molecular flexibility index (Phi) is 3.72. The number of amides is 1. The van der Waals surface area contributed by atoms with Gasteiger partial charge in [-0.25, -0.2) is 0 Å². The first-order chi connectivity index (χ1) is 7.79. The van der Waals surface area contributed by atoms with E-state index in [4.69, 9.17) is 4.74 Å². The predicted molar refractivity (Wildman–Crippen MR) is 65.8 cm³/mol. The summed E-state index contributed by atoms with van der Waals surface area (Å²) in [6.07, 6.45) is 0.616. The van der Waals surface area contributed by atoms with Gasteiger partial charge in [0.05, 0.1) is 13.2 Å². The Labute approximate surface area is 99.6 Å². The molecule has 3 nitrogen and oxygen atoms in total. The summed E-state index contributed by atoms with van der Waals surface area (Å²) in [5, 5.41) is 3.03. The topological polar surface area (TPSA) is 38.3 Å². The van der Waals surface area contributed by atoms with Crippen LogP contribution in [-0.4, -0.2) is 24.5 Å². The second-order valence-corrected chi connectivity index (χ2v) is 4.87. The van der Waals surface area contributed by atoms with E-state index in [-0.39, 0.29) is 11.9 Å². The minimum Gasteiger partial charge on any atom is -0.497 e. The molecule has 86 valence electrons. The Hall–Kier alpha value is -1.16. The molecule has 1 saturated heterocycles. The molecule has 1 heterocycles. The molecule has 1 unspecified atom stereocenters. The van der Waals surface area contributed by atoms with Crippen LogP contribution in [0.25, 0.3) is 0 Å². The molecule has 1 aliphatic rings. The van der Waals surface area contributed by atoms with Crippen LogP contribution in [0.4, 0.5) is 0 Å². The molecule has 1 aromatic rings. The maximum atomic E-state index is 11.5. The molecule has 0 bridgehead atoms. The smallest absolute Gasteiger partial charge is 0.221 e. The Morgan fingerprint density at radius 2 is 2.38 bits per heavy atom. The molecular formula is C12H15NO2S. The van der Waals surface area contributed by atoms with Crippen molar-refractivity contribution in [2.24, 2.45) is 0 Å². The van der Waals surface area contributed by atoms with E-state index in [0.717, 1.165) is 22.8 Å². The van der Waals surface area contributed by atoms with E-state index in [1.165, 1.54) is 0 Å². The number of hydrogen-bond acceptors (Lipinski definition) is 3. The zero-order valence-corrected chi connectivity index (χ0v) is 10.0. The van der Waals surface area contributed by atoms with Gasteiger partial charge < -0.3 is 10.1 Å². The lowest BCUT2D eigenvalue weighted by molar-refractivity contribution is -0.121. The summed E-state index contributed by atoms with van der Waals surface area (Å²) in [4.78, 5) is 11.5. The number of hydrogen-bond donors (Lipinski definition) is 1. The molecule has 0 saturated carbocycles. The fraction of sp³-hybridized carbons (Fsp3) is 0.417. The van der Waals surface area contributed by atoms with Crippen LogP contribution in [0.15, 0.2) is 24.3 Å². The standard InChI is InChI=1S/C12H15NO2S/c1-15-10-4-2-3-9(7-10)11-8-16-6-5-12(14)13-11/h2-4,7,11H,5-6,8H2,1H3,(H,13,14). The molecule has 0 radical (unpaired) electrons. The zero-order valence-electron chi connectivity index (χ0n) is 9.23. The Balaban J connectivity index is 2.17. The number of carbonyl (C=O) groups excluding carboxylic acids is 1. The van der Waals surface area contributed by atoms with Crippen LogP contribution in [0, 0.1) is 0 Å². The Morgan fingerprint density at radius 1 is 1.50 bits per heavy atom. The van der Waals surface area contributed by atoms with Gasteiger partial charge in [-0.15, -0.1) is 0 Å². The molecule has 1 aliphatic heterocycles. The molecule has 16 heavy (non-hydrogen) atoms. The Bertz CT molecular complexity index is 381. The van der Waals surface area contributed by atoms with Gasteiger partial charge in [-0.3, -0.25) is 4.79 Å². The van der Waals surface area contributed by atoms with Crippen molar-refractivity contribution in [3.05, 3.63) is 29.8 Å². The third kappa shape index (κ3) is 2.70. The first-order valence-corrected chi connectivity index (χ1v) is 6.46. The highest BCUT2D eigenvalue weighted by Crippen LogP contribution is 2.24. The van der Waals surface area contributed by atoms with Crippen LogP contribution in [0.2, 0.25) is 0 Å². The van der Waals surface area contributed by atoms with Crippen molar-refractivity contribution in [2.75, 3.05) is 18.6 Å². The minimum absolute atomic E-state index is 0.107. The van der Waals surface area contributed by atoms with Gasteiger partial charge in [-0.2, -0.15) is 11.8 Å². The molecule has 0 aromatic heterocycles. The second-order valence-electron chi connectivity index (χ2n) is 3.72. The Morgan fingerprint density at radius 3 is 3.19 bits per heavy atom. The highest BCUT2D eigenvalue weighted by Gasteiger charge is 2.18. The molecule has 1 fully saturated rings. The van der Waals surface area contributed by atoms with Crippen LogP contribution in [0.3, 0.4) is 0 Å². The number of ether oxygens (including phenoxy) is 1. The maximum absolute atomic E-state index is 11.5. The van der Waals surface area contributed by atoms with Gasteiger partial charge in [0, 0.05) is 17.9 Å². The normalized spacial score (nSPS) is 21.1. The minimum atomic E-state index is 0.107. The van der Waals surface area contributed by atoms with Crippen molar-refractivity contribution in [2.45, 2.75) is 12.5 Å². The van der Waals surface area contributed by atoms with E-state index in [9.17, 15) is 4.79 Å². The van der Waals surface area contributed by atoms with Crippen LogP contribution in [0.1, 0.15) is 18.0 Å². The fourth-order valence-corrected chi connectivity index (χ4v) is 2.72. The van der Waals surface area contributed by atoms with E-state index < -0.39 is 0 Å². The first kappa shape index (κ1) is 11.3. The number of rotatable bonds is 2. The summed E-state index contributed by atoms with van der Waals surface area (Å²) in [5.74, 6) is 2.81. The van der Waals surface area contributed by atoms with Gasteiger partial charge in [0.15, 0.2) is 0 Å². The average Bonchev–Trinajstić information content (AvgIpc) is 2.54. The summed E-state index contributed by atoms with van der Waals surface area (Å²) in [6, 6.07) is 7.98. The quantitative estimate of drug-likeness (QED) is 0.855. The third-order valence-corrected chi connectivity index (χ3v) is 3.65. The van der Waals surface area contributed by atoms with Crippen molar-refractivity contribution < 1.29 is 9.53 Å². The summed E-state index contributed by atoms with van der Waals surface area (Å²) in [5.41, 5.74) is 1.11. The SMILES string of the molecule is COc1cccc(C2CSCCC(=O)N2)c1. The number of methoxy groups -OCH3 is 1. The monoisotopic (exact) mass is 237 g/mol. The largest absolute Gasteiger partial charge is 0.497 e. The van der Waals surface area contributed by atoms with Crippen molar-refractivity contribution in [3.8, 4) is 5.75 Å². The first-order valence-electron chi connectivity index (χ1n) is 5.30. The summed E-state index contributed by atoms with van der Waals surface area (Å²) < 4.78 is 5.18. The van der Waals surface area contributed by atoms with Gasteiger partial charge >= 0.3 is 0 Å². The molecule has 0 aliphatic carbocycles. The van der Waals surface area contributed by atoms with Crippen molar-refractivity contribution >= 4 is 17.7 Å². The highest BCUT2D eigenvalue weighted by atomic mass is 32.2. The molecule has 1 N–H and O–H groups in total. The third-order valence-electron chi connectivity index (χ3n) is 2.59. The van der Waals surface area contributed by atoms with Crippen LogP contribution >= 0.6 is 11.8 Å². The van der Waals surface area contributed by atoms with Gasteiger partial charge in [-0.1, -0.05) is 12.1 Å². The molecule has 1 amide bonds. The molecule has 1 atom stereocenters. The second kappa shape index (κ2) is 5.25. The van der Waals surface area contributed by atoms with Gasteiger partial charge in [0.25, 0.3) is 0 Å². The van der Waals surface area contributed by atoms with E-state index >= 15 is 0 Å². The van der Waals surface area contributed by atoms with Gasteiger partial charge in [0.2, 0.25) is 5.91 Å². The highest BCUT2D eigenvalue weighted by molar-refractivity contribution is 7.99. The maximum Gasteiger partial charge on any atom is 0.221 e. The van der Waals surface area contributed by atoms with Crippen molar-refractivity contribution in [1.29, 1.82) is 0 Å². The molecular weight excluding hydrogens is 222 g/mol. The molecule has 2 rings (SSSR count). The number of thioether (sulfide) groups is 1. The lowest BCUT2D eigenvalue weighted by atomic mass is 10.1. The van der Waals surface area contributed by atoms with E-state index in [1.54, 1.807) is 7.11 Å². The van der Waals surface area contributed by atoms with Crippen molar-refractivity contribution in [3.63, 3.8) is 0 Å². The number of carbonyl (C=O) groups is 1. The summed E-state index contributed by atoms with van der Waals surface area (Å²) >= 11 is 1.81. The fourth-order valence-electron chi connectivity index (χ4n) is 1.71.